The summed E-state index contributed by atoms with van der Waals surface area (Å²) in [6.45, 7) is -0.396. The number of rotatable bonds is 4. The van der Waals surface area contributed by atoms with E-state index in [0.717, 1.165) is 0 Å². The molecule has 20 heavy (non-hydrogen) atoms. The van der Waals surface area contributed by atoms with Crippen LogP contribution in [-0.2, 0) is 16.6 Å². The minimum Gasteiger partial charge on any atom is -0.392 e. The van der Waals surface area contributed by atoms with Gasteiger partial charge in [-0.05, 0) is 17.7 Å². The number of anilines is 1. The van der Waals surface area contributed by atoms with E-state index in [1.54, 1.807) is 0 Å². The number of aliphatic hydroxyl groups excluding tert-OH is 1. The molecule has 2 aromatic rings. The normalized spacial score (nSPS) is 11.3. The zero-order valence-corrected chi connectivity index (χ0v) is 12.2. The Kier molecular flexibility index (Phi) is 4.44. The van der Waals surface area contributed by atoms with Gasteiger partial charge in [0.05, 0.1) is 29.7 Å². The van der Waals surface area contributed by atoms with Crippen molar-refractivity contribution in [1.29, 1.82) is 0 Å². The van der Waals surface area contributed by atoms with Gasteiger partial charge in [-0.2, -0.15) is 0 Å². The molecule has 0 unspecified atom stereocenters. The molecule has 0 aliphatic carbocycles. The number of nitrogens with zero attached hydrogens (tertiary/aromatic N) is 2. The zero-order valence-electron chi connectivity index (χ0n) is 9.92. The van der Waals surface area contributed by atoms with Crippen LogP contribution in [0.5, 0.6) is 0 Å². The Labute approximate surface area is 125 Å². The van der Waals surface area contributed by atoms with Gasteiger partial charge in [0.25, 0.3) is 10.0 Å². The third-order valence-corrected chi connectivity index (χ3v) is 4.57. The highest BCUT2D eigenvalue weighted by atomic mass is 35.5. The fourth-order valence-electron chi connectivity index (χ4n) is 1.46. The van der Waals surface area contributed by atoms with Crippen LogP contribution in [0.3, 0.4) is 0 Å². The van der Waals surface area contributed by atoms with Crippen LogP contribution in [0.2, 0.25) is 10.0 Å². The van der Waals surface area contributed by atoms with Gasteiger partial charge in [-0.25, -0.2) is 18.4 Å². The number of hydrogen-bond acceptors (Lipinski definition) is 5. The largest absolute Gasteiger partial charge is 0.392 e. The van der Waals surface area contributed by atoms with Crippen LogP contribution >= 0.6 is 23.2 Å². The highest BCUT2D eigenvalue weighted by Gasteiger charge is 2.20. The number of aliphatic hydroxyl groups is 1. The van der Waals surface area contributed by atoms with E-state index in [9.17, 15) is 8.42 Å². The Morgan fingerprint density at radius 2 is 1.80 bits per heavy atom. The Bertz CT molecular complexity index is 723. The first kappa shape index (κ1) is 15.0. The molecule has 0 spiro atoms. The summed E-state index contributed by atoms with van der Waals surface area (Å²) in [5, 5.41) is 9.28. The lowest BCUT2D eigenvalue weighted by Crippen LogP contribution is -2.14. The molecule has 2 N–H and O–H groups in total. The molecule has 2 rings (SSSR count). The average molecular weight is 334 g/mol. The maximum atomic E-state index is 12.2. The Hall–Kier alpha value is -1.41. The van der Waals surface area contributed by atoms with Crippen LogP contribution < -0.4 is 4.72 Å². The van der Waals surface area contributed by atoms with E-state index >= 15 is 0 Å². The lowest BCUT2D eigenvalue weighted by atomic mass is 10.2. The van der Waals surface area contributed by atoms with Crippen molar-refractivity contribution in [3.63, 3.8) is 0 Å². The van der Waals surface area contributed by atoms with Gasteiger partial charge in [0, 0.05) is 5.02 Å². The first-order valence-corrected chi connectivity index (χ1v) is 7.54. The molecule has 0 aliphatic rings. The SMILES string of the molecule is O=S(=O)(Nc1cncnc1)c1cc(CO)c(Cl)cc1Cl. The fourth-order valence-corrected chi connectivity index (χ4v) is 3.35. The lowest BCUT2D eigenvalue weighted by molar-refractivity contribution is 0.281. The zero-order chi connectivity index (χ0) is 14.8. The number of aromatic nitrogens is 2. The third-order valence-electron chi connectivity index (χ3n) is 2.37. The molecule has 9 heteroatoms. The van der Waals surface area contributed by atoms with Crippen molar-refractivity contribution >= 4 is 38.9 Å². The van der Waals surface area contributed by atoms with Gasteiger partial charge in [0.15, 0.2) is 0 Å². The van der Waals surface area contributed by atoms with E-state index < -0.39 is 16.6 Å². The molecule has 1 heterocycles. The Morgan fingerprint density at radius 3 is 2.40 bits per heavy atom. The highest BCUT2D eigenvalue weighted by Crippen LogP contribution is 2.29. The van der Waals surface area contributed by atoms with Crippen LogP contribution in [0.4, 0.5) is 5.69 Å². The van der Waals surface area contributed by atoms with Gasteiger partial charge in [0.2, 0.25) is 0 Å². The molecule has 0 amide bonds. The molecule has 0 aliphatic heterocycles. The highest BCUT2D eigenvalue weighted by molar-refractivity contribution is 7.92. The predicted octanol–water partition coefficient (Wildman–Crippen LogP) is 2.08. The number of nitrogens with one attached hydrogen (secondary N) is 1. The molecular weight excluding hydrogens is 325 g/mol. The molecule has 0 saturated heterocycles. The molecular formula is C11H9Cl2N3O3S. The topological polar surface area (TPSA) is 92.2 Å². The molecule has 0 bridgehead atoms. The second-order valence-electron chi connectivity index (χ2n) is 3.76. The standard InChI is InChI=1S/C11H9Cl2N3O3S/c12-9-2-10(13)11(1-7(9)5-17)20(18,19)16-8-3-14-6-15-4-8/h1-4,6,16-17H,5H2. The molecule has 1 aromatic carbocycles. The second-order valence-corrected chi connectivity index (χ2v) is 6.23. The first-order valence-electron chi connectivity index (χ1n) is 5.30. The smallest absolute Gasteiger partial charge is 0.263 e. The van der Waals surface area contributed by atoms with Crippen molar-refractivity contribution < 1.29 is 13.5 Å². The van der Waals surface area contributed by atoms with Crippen molar-refractivity contribution in [3.05, 3.63) is 46.5 Å². The van der Waals surface area contributed by atoms with Gasteiger partial charge >= 0.3 is 0 Å². The molecule has 0 fully saturated rings. The van der Waals surface area contributed by atoms with Crippen molar-refractivity contribution in [1.82, 2.24) is 9.97 Å². The minimum atomic E-state index is -3.93. The summed E-state index contributed by atoms with van der Waals surface area (Å²) in [5.41, 5.74) is 0.463. The molecule has 1 aromatic heterocycles. The van der Waals surface area contributed by atoms with Crippen molar-refractivity contribution in [2.75, 3.05) is 4.72 Å². The second kappa shape index (κ2) is 5.92. The van der Waals surface area contributed by atoms with Gasteiger partial charge in [0.1, 0.15) is 11.2 Å². The molecule has 0 radical (unpaired) electrons. The third kappa shape index (κ3) is 3.18. The number of hydrogen-bond donors (Lipinski definition) is 2. The quantitative estimate of drug-likeness (QED) is 0.893. The summed E-state index contributed by atoms with van der Waals surface area (Å²) in [5.74, 6) is 0. The molecule has 0 atom stereocenters. The minimum absolute atomic E-state index is 0.0449. The van der Waals surface area contributed by atoms with Crippen molar-refractivity contribution in [2.45, 2.75) is 11.5 Å². The van der Waals surface area contributed by atoms with Crippen LogP contribution in [0.25, 0.3) is 0 Å². The van der Waals surface area contributed by atoms with Crippen LogP contribution in [0.1, 0.15) is 5.56 Å². The van der Waals surface area contributed by atoms with Gasteiger partial charge in [-0.3, -0.25) is 4.72 Å². The van der Waals surface area contributed by atoms with E-state index in [-0.39, 0.29) is 26.2 Å². The summed E-state index contributed by atoms with van der Waals surface area (Å²) >= 11 is 11.7. The average Bonchev–Trinajstić information content (AvgIpc) is 2.39. The Balaban J connectivity index is 2.44. The summed E-state index contributed by atoms with van der Waals surface area (Å²) in [6, 6.07) is 2.49. The van der Waals surface area contributed by atoms with Crippen molar-refractivity contribution in [2.24, 2.45) is 0 Å². The molecule has 0 saturated carbocycles. The summed E-state index contributed by atoms with van der Waals surface area (Å²) in [7, 11) is -3.93. The maximum absolute atomic E-state index is 12.2. The predicted molar refractivity (Wildman–Crippen MR) is 75.2 cm³/mol. The summed E-state index contributed by atoms with van der Waals surface area (Å²) < 4.78 is 26.7. The Morgan fingerprint density at radius 1 is 1.15 bits per heavy atom. The van der Waals surface area contributed by atoms with E-state index in [4.69, 9.17) is 28.3 Å². The molecule has 106 valence electrons. The monoisotopic (exact) mass is 333 g/mol. The number of halogens is 2. The lowest BCUT2D eigenvalue weighted by Gasteiger charge is -2.11. The van der Waals surface area contributed by atoms with Gasteiger partial charge in [-0.1, -0.05) is 23.2 Å². The maximum Gasteiger partial charge on any atom is 0.263 e. The molecule has 6 nitrogen and oxygen atoms in total. The van der Waals surface area contributed by atoms with Crippen LogP contribution in [0, 0.1) is 0 Å². The number of benzene rings is 1. The van der Waals surface area contributed by atoms with Crippen LogP contribution in [0.15, 0.2) is 35.7 Å². The van der Waals surface area contributed by atoms with E-state index in [1.807, 2.05) is 0 Å². The first-order chi connectivity index (χ1) is 9.44. The van der Waals surface area contributed by atoms with E-state index in [1.165, 1.54) is 30.9 Å². The van der Waals surface area contributed by atoms with Crippen molar-refractivity contribution in [3.8, 4) is 0 Å². The van der Waals surface area contributed by atoms with Gasteiger partial charge < -0.3 is 5.11 Å². The summed E-state index contributed by atoms with van der Waals surface area (Å²) in [6.07, 6.45) is 3.89. The van der Waals surface area contributed by atoms with E-state index in [0.29, 0.717) is 0 Å². The van der Waals surface area contributed by atoms with Gasteiger partial charge in [-0.15, -0.1) is 0 Å². The van der Waals surface area contributed by atoms with Crippen LogP contribution in [-0.4, -0.2) is 23.5 Å². The number of sulfonamides is 1. The van der Waals surface area contributed by atoms with E-state index in [2.05, 4.69) is 14.7 Å². The fraction of sp³-hybridized carbons (Fsp3) is 0.0909. The summed E-state index contributed by atoms with van der Waals surface area (Å²) in [4.78, 5) is 7.22.